The Morgan fingerprint density at radius 1 is 0.818 bits per heavy atom. The Morgan fingerprint density at radius 2 is 1.41 bits per heavy atom. The number of ether oxygens (including phenoxy) is 1. The lowest BCUT2D eigenvalue weighted by molar-refractivity contribution is -0.143. The van der Waals surface area contributed by atoms with Crippen LogP contribution in [0.2, 0.25) is 0 Å². The second kappa shape index (κ2) is 11.7. The van der Waals surface area contributed by atoms with E-state index in [0.717, 1.165) is 11.3 Å². The molecule has 3 aromatic rings. The third-order valence-electron chi connectivity index (χ3n) is 9.18. The first-order valence-corrected chi connectivity index (χ1v) is 14.8. The van der Waals surface area contributed by atoms with Crippen molar-refractivity contribution in [2.45, 2.75) is 55.9 Å². The monoisotopic (exact) mass is 617 g/mol. The van der Waals surface area contributed by atoms with Crippen molar-refractivity contribution in [3.63, 3.8) is 0 Å². The number of para-hydroxylation sites is 1. The van der Waals surface area contributed by atoms with Crippen LogP contribution in [-0.2, 0) is 34.0 Å². The summed E-state index contributed by atoms with van der Waals surface area (Å²) in [7, 11) is 0. The van der Waals surface area contributed by atoms with E-state index in [1.165, 1.54) is 0 Å². The number of halogens is 6. The number of amides is 1. The van der Waals surface area contributed by atoms with E-state index in [9.17, 15) is 31.1 Å². The van der Waals surface area contributed by atoms with Crippen LogP contribution in [0.3, 0.4) is 0 Å². The number of nitrogens with one attached hydrogen (secondary N) is 1. The van der Waals surface area contributed by atoms with Crippen LogP contribution >= 0.6 is 0 Å². The number of hydrogen-bond acceptors (Lipinski definition) is 4. The Bertz CT molecular complexity index is 1430. The highest BCUT2D eigenvalue weighted by molar-refractivity contribution is 5.81. The third-order valence-corrected chi connectivity index (χ3v) is 9.18. The number of alkyl halides is 6. The molecule has 2 bridgehead atoms. The average molecular weight is 618 g/mol. The maximum atomic E-state index is 13.9. The van der Waals surface area contributed by atoms with E-state index in [1.54, 1.807) is 0 Å². The van der Waals surface area contributed by atoms with Gasteiger partial charge in [0, 0.05) is 37.9 Å². The minimum absolute atomic E-state index is 0.0568. The van der Waals surface area contributed by atoms with E-state index < -0.39 is 41.7 Å². The molecule has 3 fully saturated rings. The maximum Gasteiger partial charge on any atom is 0.416 e. The van der Waals surface area contributed by atoms with Gasteiger partial charge in [0.2, 0.25) is 5.91 Å². The van der Waals surface area contributed by atoms with Crippen molar-refractivity contribution in [3.8, 4) is 0 Å². The van der Waals surface area contributed by atoms with E-state index in [4.69, 9.17) is 4.74 Å². The van der Waals surface area contributed by atoms with E-state index in [2.05, 4.69) is 22.3 Å². The molecule has 44 heavy (non-hydrogen) atoms. The lowest BCUT2D eigenvalue weighted by Gasteiger charge is -2.42. The molecule has 3 heterocycles. The fraction of sp³-hybridized carbons (Fsp3) is 0.424. The highest BCUT2D eigenvalue weighted by atomic mass is 19.4. The minimum Gasteiger partial charge on any atom is -0.371 e. The van der Waals surface area contributed by atoms with Crippen LogP contribution in [0.25, 0.3) is 0 Å². The molecule has 1 N–H and O–H groups in total. The standard InChI is InChI=1S/C33H33F6N3O2/c34-32(35,36)24-17-22(18-25(19-24)33(37,38)39)21-44-29-12-11-28-27(20-31(29,40-28)23-7-3-1-4-8-23)30(43)42-15-13-41(14-16-42)26-9-5-2-6-10-26/h1-10,17-19,27-29,40H,11-16,20-21H2. The van der Waals surface area contributed by atoms with Crippen molar-refractivity contribution in [1.29, 1.82) is 0 Å². The number of fused-ring (bicyclic) bond motifs is 2. The molecule has 0 radical (unpaired) electrons. The van der Waals surface area contributed by atoms with Gasteiger partial charge >= 0.3 is 12.4 Å². The summed E-state index contributed by atoms with van der Waals surface area (Å²) in [6.07, 6.45) is -8.93. The number of carbonyl (C=O) groups is 1. The summed E-state index contributed by atoms with van der Waals surface area (Å²) in [5, 5.41) is 3.64. The first-order valence-electron chi connectivity index (χ1n) is 14.8. The minimum atomic E-state index is -4.94. The maximum absolute atomic E-state index is 13.9. The predicted octanol–water partition coefficient (Wildman–Crippen LogP) is 6.63. The summed E-state index contributed by atoms with van der Waals surface area (Å²) < 4.78 is 87.0. The molecule has 0 spiro atoms. The summed E-state index contributed by atoms with van der Waals surface area (Å²) in [5.74, 6) is -0.279. The number of piperidine rings is 1. The van der Waals surface area contributed by atoms with Gasteiger partial charge in [-0.15, -0.1) is 0 Å². The summed E-state index contributed by atoms with van der Waals surface area (Å²) in [6, 6.07) is 20.9. The van der Waals surface area contributed by atoms with Gasteiger partial charge in [0.25, 0.3) is 0 Å². The van der Waals surface area contributed by atoms with Crippen LogP contribution in [0.5, 0.6) is 0 Å². The number of piperazine rings is 1. The Hall–Kier alpha value is -3.57. The molecular formula is C33H33F6N3O2. The van der Waals surface area contributed by atoms with Crippen molar-refractivity contribution in [2.75, 3.05) is 31.1 Å². The van der Waals surface area contributed by atoms with Crippen molar-refractivity contribution < 1.29 is 35.9 Å². The van der Waals surface area contributed by atoms with Crippen molar-refractivity contribution in [3.05, 3.63) is 101 Å². The third kappa shape index (κ3) is 6.04. The molecule has 3 aliphatic rings. The first kappa shape index (κ1) is 30.5. The molecule has 3 aromatic carbocycles. The molecule has 1 amide bonds. The number of anilines is 1. The van der Waals surface area contributed by atoms with Gasteiger partial charge in [-0.25, -0.2) is 0 Å². The molecule has 4 atom stereocenters. The number of nitrogens with zero attached hydrogens (tertiary/aromatic N) is 2. The zero-order chi connectivity index (χ0) is 31.1. The van der Waals surface area contributed by atoms with E-state index >= 15 is 0 Å². The SMILES string of the molecule is O=C(C1CC2(c3ccccc3)NC1CCC2OCc1cc(C(F)(F)F)cc(C(F)(F)F)c1)N1CCN(c2ccccc2)CC1. The van der Waals surface area contributed by atoms with Gasteiger partial charge in [-0.1, -0.05) is 48.5 Å². The zero-order valence-electron chi connectivity index (χ0n) is 23.9. The summed E-state index contributed by atoms with van der Waals surface area (Å²) in [4.78, 5) is 18.1. The molecular weight excluding hydrogens is 584 g/mol. The summed E-state index contributed by atoms with van der Waals surface area (Å²) in [6.45, 7) is 2.18. The molecule has 0 saturated carbocycles. The molecule has 5 nitrogen and oxygen atoms in total. The molecule has 6 rings (SSSR count). The van der Waals surface area contributed by atoms with Crippen molar-refractivity contribution >= 4 is 11.6 Å². The zero-order valence-corrected chi connectivity index (χ0v) is 23.9. The number of hydrogen-bond donors (Lipinski definition) is 1. The molecule has 3 saturated heterocycles. The number of rotatable bonds is 6. The van der Waals surface area contributed by atoms with Gasteiger partial charge in [-0.05, 0) is 60.7 Å². The van der Waals surface area contributed by atoms with Crippen molar-refractivity contribution in [1.82, 2.24) is 10.2 Å². The Balaban J connectivity index is 1.21. The first-order chi connectivity index (χ1) is 20.9. The van der Waals surface area contributed by atoms with Gasteiger partial charge in [0.15, 0.2) is 0 Å². The molecule has 4 unspecified atom stereocenters. The van der Waals surface area contributed by atoms with Gasteiger partial charge in [-0.2, -0.15) is 26.3 Å². The molecule has 0 aliphatic carbocycles. The highest BCUT2D eigenvalue weighted by Gasteiger charge is 2.56. The Labute approximate surface area is 251 Å². The van der Waals surface area contributed by atoms with Crippen LogP contribution < -0.4 is 10.2 Å². The summed E-state index contributed by atoms with van der Waals surface area (Å²) >= 11 is 0. The van der Waals surface area contributed by atoms with E-state index in [1.807, 2.05) is 53.4 Å². The van der Waals surface area contributed by atoms with E-state index in [-0.39, 0.29) is 29.5 Å². The lowest BCUT2D eigenvalue weighted by atomic mass is 9.80. The number of benzene rings is 3. The fourth-order valence-electron chi connectivity index (χ4n) is 7.02. The topological polar surface area (TPSA) is 44.8 Å². The predicted molar refractivity (Wildman–Crippen MR) is 153 cm³/mol. The molecule has 234 valence electrons. The largest absolute Gasteiger partial charge is 0.416 e. The molecule has 3 aliphatic heterocycles. The molecule has 11 heteroatoms. The van der Waals surface area contributed by atoms with Gasteiger partial charge in [-0.3, -0.25) is 4.79 Å². The molecule has 0 aromatic heterocycles. The second-order valence-electron chi connectivity index (χ2n) is 11.8. The van der Waals surface area contributed by atoms with Crippen LogP contribution in [-0.4, -0.2) is 49.1 Å². The van der Waals surface area contributed by atoms with Gasteiger partial charge in [0.1, 0.15) is 0 Å². The fourth-order valence-corrected chi connectivity index (χ4v) is 7.02. The quantitative estimate of drug-likeness (QED) is 0.316. The number of carbonyl (C=O) groups excluding carboxylic acids is 1. The van der Waals surface area contributed by atoms with Gasteiger partial charge in [0.05, 0.1) is 35.3 Å². The lowest BCUT2D eigenvalue weighted by Crippen LogP contribution is -2.55. The second-order valence-corrected chi connectivity index (χ2v) is 11.8. The van der Waals surface area contributed by atoms with Crippen LogP contribution in [0.15, 0.2) is 78.9 Å². The van der Waals surface area contributed by atoms with Gasteiger partial charge < -0.3 is 19.9 Å². The van der Waals surface area contributed by atoms with Crippen LogP contribution in [0, 0.1) is 5.92 Å². The normalized spacial score (nSPS) is 25.7. The van der Waals surface area contributed by atoms with E-state index in [0.29, 0.717) is 57.6 Å². The van der Waals surface area contributed by atoms with Crippen molar-refractivity contribution in [2.24, 2.45) is 5.92 Å². The smallest absolute Gasteiger partial charge is 0.371 e. The van der Waals surface area contributed by atoms with Crippen LogP contribution in [0.1, 0.15) is 41.5 Å². The Kier molecular flexibility index (Phi) is 8.13. The van der Waals surface area contributed by atoms with Crippen LogP contribution in [0.4, 0.5) is 32.0 Å². The average Bonchev–Trinajstić information content (AvgIpc) is 3.34. The summed E-state index contributed by atoms with van der Waals surface area (Å²) in [5.41, 5.74) is -1.78. The Morgan fingerprint density at radius 3 is 2.00 bits per heavy atom. The highest BCUT2D eigenvalue weighted by Crippen LogP contribution is 2.48.